The zero-order valence-electron chi connectivity index (χ0n) is 15.1. The molecule has 6 nitrogen and oxygen atoms in total. The van der Waals surface area contributed by atoms with Crippen molar-refractivity contribution in [3.8, 4) is 5.75 Å². The van der Waals surface area contributed by atoms with Crippen molar-refractivity contribution in [1.82, 2.24) is 0 Å². The fourth-order valence-corrected chi connectivity index (χ4v) is 3.60. The highest BCUT2D eigenvalue weighted by molar-refractivity contribution is 7.92. The lowest BCUT2D eigenvalue weighted by molar-refractivity contribution is -0.141. The van der Waals surface area contributed by atoms with Crippen molar-refractivity contribution in [2.45, 2.75) is 31.6 Å². The van der Waals surface area contributed by atoms with Crippen LogP contribution in [0.1, 0.15) is 24.5 Å². The Labute approximate surface area is 154 Å². The van der Waals surface area contributed by atoms with E-state index in [1.165, 1.54) is 19.2 Å². The summed E-state index contributed by atoms with van der Waals surface area (Å²) in [5.41, 5.74) is 2.43. The van der Waals surface area contributed by atoms with Gasteiger partial charge in [-0.15, -0.1) is 0 Å². The molecule has 26 heavy (non-hydrogen) atoms. The number of esters is 1. The smallest absolute Gasteiger partial charge is 0.308 e. The lowest BCUT2D eigenvalue weighted by atomic mass is 10.1. The van der Waals surface area contributed by atoms with Crippen LogP contribution in [0.5, 0.6) is 5.75 Å². The van der Waals surface area contributed by atoms with E-state index in [0.29, 0.717) is 11.4 Å². The van der Waals surface area contributed by atoms with Crippen LogP contribution in [0.15, 0.2) is 47.4 Å². The van der Waals surface area contributed by atoms with E-state index in [1.807, 2.05) is 32.0 Å². The number of hydrogen-bond acceptors (Lipinski definition) is 5. The number of methoxy groups -OCH3 is 1. The van der Waals surface area contributed by atoms with Crippen LogP contribution < -0.4 is 9.46 Å². The molecule has 0 unspecified atom stereocenters. The minimum Gasteiger partial charge on any atom is -0.493 e. The van der Waals surface area contributed by atoms with Gasteiger partial charge in [0.2, 0.25) is 0 Å². The van der Waals surface area contributed by atoms with Crippen LogP contribution in [-0.4, -0.2) is 28.1 Å². The van der Waals surface area contributed by atoms with Crippen LogP contribution in [0.2, 0.25) is 0 Å². The average molecular weight is 377 g/mol. The highest BCUT2D eigenvalue weighted by Crippen LogP contribution is 2.25. The van der Waals surface area contributed by atoms with Gasteiger partial charge in [0.15, 0.2) is 0 Å². The molecule has 0 aliphatic heterocycles. The molecule has 0 spiro atoms. The molecule has 0 saturated carbocycles. The molecule has 2 aromatic rings. The quantitative estimate of drug-likeness (QED) is 0.714. The monoisotopic (exact) mass is 377 g/mol. The second-order valence-corrected chi connectivity index (χ2v) is 7.40. The third kappa shape index (κ3) is 4.98. The van der Waals surface area contributed by atoms with E-state index in [4.69, 9.17) is 4.74 Å². The minimum atomic E-state index is -3.70. The topological polar surface area (TPSA) is 81.7 Å². The van der Waals surface area contributed by atoms with E-state index in [-0.39, 0.29) is 23.9 Å². The molecule has 7 heteroatoms. The molecular formula is C19H23NO5S. The molecule has 1 N–H and O–H groups in total. The maximum absolute atomic E-state index is 12.7. The highest BCUT2D eigenvalue weighted by Gasteiger charge is 2.17. The Balaban J connectivity index is 2.11. The molecule has 0 bridgehead atoms. The summed E-state index contributed by atoms with van der Waals surface area (Å²) in [6, 6.07) is 11.7. The van der Waals surface area contributed by atoms with Gasteiger partial charge >= 0.3 is 5.97 Å². The van der Waals surface area contributed by atoms with Crippen molar-refractivity contribution in [2.75, 3.05) is 18.4 Å². The molecule has 0 heterocycles. The SMILES string of the molecule is CCc1cccc(C)c1NS(=O)(=O)c1ccc(OCCC(=O)OC)cc1. The van der Waals surface area contributed by atoms with E-state index in [0.717, 1.165) is 17.5 Å². The van der Waals surface area contributed by atoms with Crippen molar-refractivity contribution in [1.29, 1.82) is 0 Å². The summed E-state index contributed by atoms with van der Waals surface area (Å²) in [5, 5.41) is 0. The van der Waals surface area contributed by atoms with E-state index >= 15 is 0 Å². The molecule has 0 aliphatic carbocycles. The van der Waals surface area contributed by atoms with Crippen LogP contribution in [0, 0.1) is 6.92 Å². The Morgan fingerprint density at radius 2 is 1.81 bits per heavy atom. The van der Waals surface area contributed by atoms with Gasteiger partial charge in [0.05, 0.1) is 30.7 Å². The van der Waals surface area contributed by atoms with Gasteiger partial charge in [0.1, 0.15) is 5.75 Å². The number of nitrogens with one attached hydrogen (secondary N) is 1. The maximum Gasteiger partial charge on any atom is 0.308 e. The van der Waals surface area contributed by atoms with Crippen molar-refractivity contribution in [3.63, 3.8) is 0 Å². The predicted molar refractivity (Wildman–Crippen MR) is 99.9 cm³/mol. The number of hydrogen-bond donors (Lipinski definition) is 1. The van der Waals surface area contributed by atoms with Gasteiger partial charge in [-0.2, -0.15) is 0 Å². The minimum absolute atomic E-state index is 0.130. The van der Waals surface area contributed by atoms with Gasteiger partial charge in [0.25, 0.3) is 10.0 Å². The molecule has 0 fully saturated rings. The first kappa shape index (κ1) is 19.8. The first-order valence-electron chi connectivity index (χ1n) is 8.28. The lowest BCUT2D eigenvalue weighted by Crippen LogP contribution is -2.15. The molecule has 0 amide bonds. The molecule has 0 saturated heterocycles. The zero-order chi connectivity index (χ0) is 19.2. The number of para-hydroxylation sites is 1. The zero-order valence-corrected chi connectivity index (χ0v) is 15.9. The number of ether oxygens (including phenoxy) is 2. The van der Waals surface area contributed by atoms with Crippen LogP contribution in [0.4, 0.5) is 5.69 Å². The van der Waals surface area contributed by atoms with E-state index in [2.05, 4.69) is 9.46 Å². The van der Waals surface area contributed by atoms with Gasteiger partial charge in [-0.05, 0) is 48.7 Å². The first-order chi connectivity index (χ1) is 12.4. The van der Waals surface area contributed by atoms with Crippen LogP contribution in [0.25, 0.3) is 0 Å². The van der Waals surface area contributed by atoms with E-state index in [1.54, 1.807) is 12.1 Å². The Hall–Kier alpha value is -2.54. The Morgan fingerprint density at radius 3 is 2.42 bits per heavy atom. The second kappa shape index (κ2) is 8.71. The molecule has 0 radical (unpaired) electrons. The largest absolute Gasteiger partial charge is 0.493 e. The molecule has 2 aromatic carbocycles. The number of aryl methyl sites for hydroxylation is 2. The van der Waals surface area contributed by atoms with E-state index in [9.17, 15) is 13.2 Å². The molecule has 0 atom stereocenters. The molecule has 2 rings (SSSR count). The lowest BCUT2D eigenvalue weighted by Gasteiger charge is -2.14. The fourth-order valence-electron chi connectivity index (χ4n) is 2.43. The summed E-state index contributed by atoms with van der Waals surface area (Å²) in [7, 11) is -2.39. The standard InChI is InChI=1S/C19H23NO5S/c1-4-15-7-5-6-14(2)19(15)20-26(22,23)17-10-8-16(9-11-17)25-13-12-18(21)24-3/h5-11,20H,4,12-13H2,1-3H3. The van der Waals surface area contributed by atoms with Crippen molar-refractivity contribution in [3.05, 3.63) is 53.6 Å². The number of anilines is 1. The van der Waals surface area contributed by atoms with Gasteiger partial charge in [-0.25, -0.2) is 8.42 Å². The molecule has 0 aliphatic rings. The Bertz CT molecular complexity index is 860. The first-order valence-corrected chi connectivity index (χ1v) is 9.76. The third-order valence-corrected chi connectivity index (χ3v) is 5.28. The van der Waals surface area contributed by atoms with Gasteiger partial charge in [-0.1, -0.05) is 25.1 Å². The van der Waals surface area contributed by atoms with Gasteiger partial charge in [0, 0.05) is 0 Å². The Morgan fingerprint density at radius 1 is 1.12 bits per heavy atom. The van der Waals surface area contributed by atoms with Crippen LogP contribution in [0.3, 0.4) is 0 Å². The van der Waals surface area contributed by atoms with Crippen molar-refractivity contribution >= 4 is 21.7 Å². The predicted octanol–water partition coefficient (Wildman–Crippen LogP) is 3.30. The third-order valence-electron chi connectivity index (χ3n) is 3.91. The molecular weight excluding hydrogens is 354 g/mol. The van der Waals surface area contributed by atoms with Crippen LogP contribution in [-0.2, 0) is 26.0 Å². The van der Waals surface area contributed by atoms with E-state index < -0.39 is 10.0 Å². The number of rotatable bonds is 8. The normalized spacial score (nSPS) is 11.0. The summed E-state index contributed by atoms with van der Waals surface area (Å²) >= 11 is 0. The van der Waals surface area contributed by atoms with Crippen LogP contribution >= 0.6 is 0 Å². The summed E-state index contributed by atoms with van der Waals surface area (Å²) in [6.07, 6.45) is 0.859. The number of carbonyl (C=O) groups is 1. The van der Waals surface area contributed by atoms with Crippen molar-refractivity contribution in [2.24, 2.45) is 0 Å². The maximum atomic E-state index is 12.7. The molecule has 0 aromatic heterocycles. The van der Waals surface area contributed by atoms with Gasteiger partial charge in [-0.3, -0.25) is 9.52 Å². The highest BCUT2D eigenvalue weighted by atomic mass is 32.2. The Kier molecular flexibility index (Phi) is 6.63. The summed E-state index contributed by atoms with van der Waals surface area (Å²) in [5.74, 6) is 0.122. The summed E-state index contributed by atoms with van der Waals surface area (Å²) in [4.78, 5) is 11.2. The molecule has 140 valence electrons. The van der Waals surface area contributed by atoms with Gasteiger partial charge < -0.3 is 9.47 Å². The number of sulfonamides is 1. The average Bonchev–Trinajstić information content (AvgIpc) is 2.63. The summed E-state index contributed by atoms with van der Waals surface area (Å²) in [6.45, 7) is 4.02. The number of benzene rings is 2. The van der Waals surface area contributed by atoms with Crippen molar-refractivity contribution < 1.29 is 22.7 Å². The summed E-state index contributed by atoms with van der Waals surface area (Å²) < 4.78 is 37.9. The number of carbonyl (C=O) groups excluding carboxylic acids is 1. The fraction of sp³-hybridized carbons (Fsp3) is 0.316. The second-order valence-electron chi connectivity index (χ2n) is 5.71.